The molecule has 0 aliphatic heterocycles. The van der Waals surface area contributed by atoms with E-state index in [-0.39, 0.29) is 5.56 Å². The smallest absolute Gasteiger partial charge is 0.251 e. The van der Waals surface area contributed by atoms with Gasteiger partial charge in [0, 0.05) is 11.3 Å². The number of anilines is 1. The monoisotopic (exact) mass is 248 g/mol. The first-order chi connectivity index (χ1) is 8.50. The van der Waals surface area contributed by atoms with Crippen LogP contribution in [0.15, 0.2) is 36.4 Å². The molecule has 0 fully saturated rings. The number of primary amides is 1. The molecule has 0 heterocycles. The van der Waals surface area contributed by atoms with E-state index >= 15 is 0 Å². The summed E-state index contributed by atoms with van der Waals surface area (Å²) in [7, 11) is 0. The van der Waals surface area contributed by atoms with Crippen LogP contribution in [-0.4, -0.2) is 5.91 Å². The van der Waals surface area contributed by atoms with Gasteiger partial charge in [-0.3, -0.25) is 4.79 Å². The molecule has 5 heteroatoms. The Bertz CT molecular complexity index is 609. The molecule has 2 rings (SSSR count). The zero-order chi connectivity index (χ0) is 13.3. The van der Waals surface area contributed by atoms with Gasteiger partial charge in [-0.2, -0.15) is 0 Å². The van der Waals surface area contributed by atoms with E-state index in [4.69, 9.17) is 11.5 Å². The fourth-order valence-corrected chi connectivity index (χ4v) is 1.63. The summed E-state index contributed by atoms with van der Waals surface area (Å²) < 4.78 is 27.4. The van der Waals surface area contributed by atoms with Crippen LogP contribution >= 0.6 is 0 Å². The van der Waals surface area contributed by atoms with Crippen LogP contribution in [0.5, 0.6) is 0 Å². The van der Waals surface area contributed by atoms with Crippen molar-refractivity contribution in [2.24, 2.45) is 5.73 Å². The van der Waals surface area contributed by atoms with Gasteiger partial charge in [0.2, 0.25) is 0 Å². The Hall–Kier alpha value is -2.43. The van der Waals surface area contributed by atoms with E-state index in [1.54, 1.807) is 24.3 Å². The van der Waals surface area contributed by atoms with E-state index < -0.39 is 23.1 Å². The zero-order valence-electron chi connectivity index (χ0n) is 9.28. The van der Waals surface area contributed by atoms with Gasteiger partial charge in [0.05, 0.1) is 5.56 Å². The Kier molecular flexibility index (Phi) is 2.97. The maximum absolute atomic E-state index is 13.8. The van der Waals surface area contributed by atoms with E-state index in [9.17, 15) is 13.6 Å². The second kappa shape index (κ2) is 4.44. The highest BCUT2D eigenvalue weighted by atomic mass is 19.2. The zero-order valence-corrected chi connectivity index (χ0v) is 9.28. The molecule has 2 aromatic rings. The van der Waals surface area contributed by atoms with Gasteiger partial charge in [-0.05, 0) is 23.8 Å². The van der Waals surface area contributed by atoms with Crippen molar-refractivity contribution in [3.8, 4) is 11.1 Å². The minimum Gasteiger partial charge on any atom is -0.399 e. The summed E-state index contributed by atoms with van der Waals surface area (Å²) in [5, 5.41) is 0. The Morgan fingerprint density at radius 2 is 1.56 bits per heavy atom. The van der Waals surface area contributed by atoms with E-state index in [1.807, 2.05) is 0 Å². The molecular formula is C13H10F2N2O. The molecule has 0 radical (unpaired) electrons. The maximum atomic E-state index is 13.8. The number of benzene rings is 2. The van der Waals surface area contributed by atoms with E-state index in [0.717, 1.165) is 6.07 Å². The van der Waals surface area contributed by atoms with E-state index in [1.165, 1.54) is 6.07 Å². The highest BCUT2D eigenvalue weighted by Crippen LogP contribution is 2.26. The van der Waals surface area contributed by atoms with Crippen molar-refractivity contribution >= 4 is 11.6 Å². The summed E-state index contributed by atoms with van der Waals surface area (Å²) in [6, 6.07) is 8.76. The summed E-state index contributed by atoms with van der Waals surface area (Å²) in [5.74, 6) is -3.34. The molecule has 0 bridgehead atoms. The molecule has 1 amide bonds. The van der Waals surface area contributed by atoms with Gasteiger partial charge >= 0.3 is 0 Å². The van der Waals surface area contributed by atoms with Crippen molar-refractivity contribution in [2.45, 2.75) is 0 Å². The highest BCUT2D eigenvalue weighted by Gasteiger charge is 2.17. The van der Waals surface area contributed by atoms with Gasteiger partial charge in [0.25, 0.3) is 5.91 Å². The highest BCUT2D eigenvalue weighted by molar-refractivity contribution is 5.93. The molecule has 0 saturated carbocycles. The average Bonchev–Trinajstić information content (AvgIpc) is 2.33. The van der Waals surface area contributed by atoms with Crippen LogP contribution in [0.4, 0.5) is 14.5 Å². The van der Waals surface area contributed by atoms with Crippen LogP contribution in [-0.2, 0) is 0 Å². The number of carbonyl (C=O) groups is 1. The molecule has 0 aromatic heterocycles. The first kappa shape index (κ1) is 12.0. The predicted molar refractivity (Wildman–Crippen MR) is 64.7 cm³/mol. The number of carbonyl (C=O) groups excluding carboxylic acids is 1. The van der Waals surface area contributed by atoms with Crippen molar-refractivity contribution in [2.75, 3.05) is 5.73 Å². The van der Waals surface area contributed by atoms with Gasteiger partial charge < -0.3 is 11.5 Å². The summed E-state index contributed by atoms with van der Waals surface area (Å²) in [6.45, 7) is 0. The molecule has 4 N–H and O–H groups in total. The number of nitrogen functional groups attached to an aromatic ring is 1. The number of halogens is 2. The lowest BCUT2D eigenvalue weighted by molar-refractivity contribution is 0.0995. The minimum atomic E-state index is -1.24. The Labute approximate surface area is 102 Å². The van der Waals surface area contributed by atoms with Gasteiger partial charge in [-0.15, -0.1) is 0 Å². The predicted octanol–water partition coefficient (Wildman–Crippen LogP) is 2.31. The second-order valence-corrected chi connectivity index (χ2v) is 3.77. The number of amides is 1. The fraction of sp³-hybridized carbons (Fsp3) is 0. The third kappa shape index (κ3) is 2.02. The third-order valence-corrected chi connectivity index (χ3v) is 2.57. The number of nitrogens with two attached hydrogens (primary N) is 2. The van der Waals surface area contributed by atoms with Gasteiger partial charge in [-0.25, -0.2) is 8.78 Å². The van der Waals surface area contributed by atoms with Crippen LogP contribution in [0.3, 0.4) is 0 Å². The van der Waals surface area contributed by atoms with Crippen molar-refractivity contribution in [1.82, 2.24) is 0 Å². The summed E-state index contributed by atoms with van der Waals surface area (Å²) in [6.07, 6.45) is 0. The lowest BCUT2D eigenvalue weighted by Crippen LogP contribution is -2.14. The first-order valence-electron chi connectivity index (χ1n) is 5.14. The fourth-order valence-electron chi connectivity index (χ4n) is 1.63. The van der Waals surface area contributed by atoms with Gasteiger partial charge in [0.1, 0.15) is 0 Å². The number of hydrogen-bond acceptors (Lipinski definition) is 2. The first-order valence-corrected chi connectivity index (χ1v) is 5.14. The average molecular weight is 248 g/mol. The Morgan fingerprint density at radius 3 is 2.11 bits per heavy atom. The van der Waals surface area contributed by atoms with E-state index in [2.05, 4.69) is 0 Å². The van der Waals surface area contributed by atoms with Crippen LogP contribution < -0.4 is 11.5 Å². The van der Waals surface area contributed by atoms with Crippen LogP contribution in [0.25, 0.3) is 11.1 Å². The summed E-state index contributed by atoms with van der Waals surface area (Å²) in [4.78, 5) is 10.9. The standard InChI is InChI=1S/C13H10F2N2O/c14-11-9(7-1-3-8(16)4-2-7)5-6-10(12(11)15)13(17)18/h1-6H,16H2,(H2,17,18). The molecule has 0 unspecified atom stereocenters. The van der Waals surface area contributed by atoms with E-state index in [0.29, 0.717) is 11.3 Å². The summed E-state index contributed by atoms with van der Waals surface area (Å²) in [5.41, 5.74) is 11.0. The van der Waals surface area contributed by atoms with Crippen molar-refractivity contribution < 1.29 is 13.6 Å². The molecule has 0 saturated heterocycles. The quantitative estimate of drug-likeness (QED) is 0.801. The summed E-state index contributed by atoms with van der Waals surface area (Å²) >= 11 is 0. The van der Waals surface area contributed by atoms with Gasteiger partial charge in [-0.1, -0.05) is 18.2 Å². The topological polar surface area (TPSA) is 69.1 Å². The van der Waals surface area contributed by atoms with Crippen LogP contribution in [0.1, 0.15) is 10.4 Å². The number of hydrogen-bond donors (Lipinski definition) is 2. The molecule has 92 valence electrons. The van der Waals surface area contributed by atoms with Crippen molar-refractivity contribution in [3.63, 3.8) is 0 Å². The van der Waals surface area contributed by atoms with Crippen molar-refractivity contribution in [3.05, 3.63) is 53.6 Å². The Morgan fingerprint density at radius 1 is 0.944 bits per heavy atom. The largest absolute Gasteiger partial charge is 0.399 e. The minimum absolute atomic E-state index is 0.0532. The lowest BCUT2D eigenvalue weighted by atomic mass is 10.0. The Balaban J connectivity index is 2.57. The number of rotatable bonds is 2. The molecular weight excluding hydrogens is 238 g/mol. The molecule has 0 atom stereocenters. The molecule has 2 aromatic carbocycles. The van der Waals surface area contributed by atoms with Crippen LogP contribution in [0.2, 0.25) is 0 Å². The second-order valence-electron chi connectivity index (χ2n) is 3.77. The lowest BCUT2D eigenvalue weighted by Gasteiger charge is -2.07. The molecule has 0 aliphatic rings. The molecule has 18 heavy (non-hydrogen) atoms. The van der Waals surface area contributed by atoms with Crippen molar-refractivity contribution in [1.29, 1.82) is 0 Å². The normalized spacial score (nSPS) is 10.3. The maximum Gasteiger partial charge on any atom is 0.251 e. The molecule has 0 spiro atoms. The SMILES string of the molecule is NC(=O)c1ccc(-c2ccc(N)cc2)c(F)c1F. The van der Waals surface area contributed by atoms with Crippen LogP contribution in [0, 0.1) is 11.6 Å². The molecule has 3 nitrogen and oxygen atoms in total. The molecule has 0 aliphatic carbocycles. The van der Waals surface area contributed by atoms with Gasteiger partial charge in [0.15, 0.2) is 11.6 Å². The third-order valence-electron chi connectivity index (χ3n) is 2.57.